The Morgan fingerprint density at radius 1 is 1.29 bits per heavy atom. The van der Waals surface area contributed by atoms with Gasteiger partial charge in [-0.25, -0.2) is 0 Å². The molecule has 0 aliphatic heterocycles. The van der Waals surface area contributed by atoms with Crippen LogP contribution in [0, 0.1) is 0 Å². The smallest absolute Gasteiger partial charge is 0.120 e. The number of hydrogen-bond acceptors (Lipinski definition) is 2. The van der Waals surface area contributed by atoms with Gasteiger partial charge in [0, 0.05) is 12.1 Å². The average Bonchev–Trinajstić information content (AvgIpc) is 2.35. The molecule has 0 fully saturated rings. The summed E-state index contributed by atoms with van der Waals surface area (Å²) < 4.78 is 0. The van der Waals surface area contributed by atoms with E-state index in [-0.39, 0.29) is 0 Å². The van der Waals surface area contributed by atoms with Crippen molar-refractivity contribution in [2.24, 2.45) is 0 Å². The highest BCUT2D eigenvalue weighted by atomic mass is 16.3. The van der Waals surface area contributed by atoms with Crippen molar-refractivity contribution >= 4 is 6.08 Å². The molecule has 0 aromatic heterocycles. The van der Waals surface area contributed by atoms with Gasteiger partial charge in [-0.1, -0.05) is 50.8 Å². The molecule has 0 aliphatic rings. The van der Waals surface area contributed by atoms with Gasteiger partial charge in [-0.2, -0.15) is 0 Å². The second-order valence-electron chi connectivity index (χ2n) is 3.94. The van der Waals surface area contributed by atoms with Crippen LogP contribution in [0.5, 0.6) is 5.75 Å². The summed E-state index contributed by atoms with van der Waals surface area (Å²) in [5.74, 6) is 0.364. The molecule has 0 aliphatic carbocycles. The van der Waals surface area contributed by atoms with Gasteiger partial charge in [0.2, 0.25) is 0 Å². The van der Waals surface area contributed by atoms with Crippen LogP contribution in [0.25, 0.3) is 6.08 Å². The summed E-state index contributed by atoms with van der Waals surface area (Å²) in [6.45, 7) is 10.7. The van der Waals surface area contributed by atoms with Crippen LogP contribution in [0.3, 0.4) is 0 Å². The Hall–Kier alpha value is -1.54. The highest BCUT2D eigenvalue weighted by Crippen LogP contribution is 2.21. The summed E-state index contributed by atoms with van der Waals surface area (Å²) in [6, 6.07) is 5.79. The van der Waals surface area contributed by atoms with E-state index >= 15 is 0 Å². The number of phenolic OH excluding ortho intramolecular Hbond substituents is 1. The first-order chi connectivity index (χ1) is 8.21. The van der Waals surface area contributed by atoms with Gasteiger partial charge in [-0.15, -0.1) is 0 Å². The van der Waals surface area contributed by atoms with Crippen molar-refractivity contribution in [1.82, 2.24) is 4.90 Å². The molecule has 0 amide bonds. The summed E-state index contributed by atoms with van der Waals surface area (Å²) in [5, 5.41) is 9.94. The van der Waals surface area contributed by atoms with Gasteiger partial charge in [-0.05, 0) is 24.7 Å². The van der Waals surface area contributed by atoms with E-state index in [1.54, 1.807) is 12.1 Å². The monoisotopic (exact) mass is 231 g/mol. The first-order valence-corrected chi connectivity index (χ1v) is 6.04. The van der Waals surface area contributed by atoms with E-state index in [9.17, 15) is 5.11 Å². The predicted octanol–water partition coefficient (Wildman–Crippen LogP) is 3.43. The molecule has 17 heavy (non-hydrogen) atoms. The van der Waals surface area contributed by atoms with E-state index < -0.39 is 0 Å². The number of rotatable bonds is 6. The van der Waals surface area contributed by atoms with Crippen LogP contribution < -0.4 is 0 Å². The molecule has 1 N–H and O–H groups in total. The highest BCUT2D eigenvalue weighted by Gasteiger charge is 2.05. The number of benzene rings is 1. The molecule has 1 aromatic carbocycles. The van der Waals surface area contributed by atoms with E-state index in [0.29, 0.717) is 5.75 Å². The zero-order valence-electron chi connectivity index (χ0n) is 10.7. The van der Waals surface area contributed by atoms with Crippen LogP contribution in [-0.2, 0) is 6.54 Å². The van der Waals surface area contributed by atoms with Crippen LogP contribution in [0.15, 0.2) is 36.9 Å². The van der Waals surface area contributed by atoms with Crippen molar-refractivity contribution in [3.05, 3.63) is 48.1 Å². The standard InChI is InChI=1S/C15H21NO/c1-4-7-8-13-9-10-14(15(17)11-13)12-16(5-2)6-3/h4,7-11,17H,1,5-6,12H2,2-3H3. The summed E-state index contributed by atoms with van der Waals surface area (Å²) in [7, 11) is 0. The third kappa shape index (κ3) is 4.08. The Labute approximate surface area is 104 Å². The molecule has 0 saturated heterocycles. The average molecular weight is 231 g/mol. The summed E-state index contributed by atoms with van der Waals surface area (Å²) in [6.07, 6.45) is 5.51. The van der Waals surface area contributed by atoms with Crippen molar-refractivity contribution in [3.8, 4) is 5.75 Å². The molecule has 1 rings (SSSR count). The van der Waals surface area contributed by atoms with Crippen molar-refractivity contribution < 1.29 is 5.11 Å². The molecular formula is C15H21NO. The lowest BCUT2D eigenvalue weighted by Gasteiger charge is -2.18. The van der Waals surface area contributed by atoms with Gasteiger partial charge in [0.15, 0.2) is 0 Å². The minimum atomic E-state index is 0.364. The number of allylic oxidation sites excluding steroid dienone is 2. The van der Waals surface area contributed by atoms with Crippen molar-refractivity contribution in [3.63, 3.8) is 0 Å². The molecule has 0 atom stereocenters. The minimum absolute atomic E-state index is 0.364. The summed E-state index contributed by atoms with van der Waals surface area (Å²) in [4.78, 5) is 2.27. The van der Waals surface area contributed by atoms with Crippen molar-refractivity contribution in [1.29, 1.82) is 0 Å². The lowest BCUT2D eigenvalue weighted by molar-refractivity contribution is 0.291. The first kappa shape index (κ1) is 13.5. The zero-order valence-corrected chi connectivity index (χ0v) is 10.7. The van der Waals surface area contributed by atoms with Crippen LogP contribution in [0.1, 0.15) is 25.0 Å². The SMILES string of the molecule is C=CC=Cc1ccc(CN(CC)CC)c(O)c1. The van der Waals surface area contributed by atoms with Gasteiger partial charge < -0.3 is 5.11 Å². The molecule has 0 radical (unpaired) electrons. The molecule has 2 nitrogen and oxygen atoms in total. The lowest BCUT2D eigenvalue weighted by Crippen LogP contribution is -2.22. The van der Waals surface area contributed by atoms with Crippen molar-refractivity contribution in [2.45, 2.75) is 20.4 Å². The third-order valence-electron chi connectivity index (χ3n) is 2.82. The first-order valence-electron chi connectivity index (χ1n) is 6.04. The molecule has 92 valence electrons. The lowest BCUT2D eigenvalue weighted by atomic mass is 10.1. The molecule has 0 bridgehead atoms. The maximum atomic E-state index is 9.94. The molecule has 2 heteroatoms. The van der Waals surface area contributed by atoms with Gasteiger partial charge in [0.1, 0.15) is 5.75 Å². The molecule has 0 heterocycles. The Balaban J connectivity index is 2.82. The van der Waals surface area contributed by atoms with E-state index in [0.717, 1.165) is 30.8 Å². The van der Waals surface area contributed by atoms with E-state index in [1.165, 1.54) is 0 Å². The van der Waals surface area contributed by atoms with Gasteiger partial charge in [0.05, 0.1) is 0 Å². The maximum absolute atomic E-state index is 9.94. The second-order valence-corrected chi connectivity index (χ2v) is 3.94. The Kier molecular flexibility index (Phi) is 5.50. The van der Waals surface area contributed by atoms with Gasteiger partial charge in [-0.3, -0.25) is 4.90 Å². The molecule has 0 spiro atoms. The quantitative estimate of drug-likeness (QED) is 0.758. The Morgan fingerprint density at radius 3 is 2.53 bits per heavy atom. The summed E-state index contributed by atoms with van der Waals surface area (Å²) in [5.41, 5.74) is 1.97. The fourth-order valence-corrected chi connectivity index (χ4v) is 1.69. The zero-order chi connectivity index (χ0) is 12.7. The van der Waals surface area contributed by atoms with Gasteiger partial charge >= 0.3 is 0 Å². The Morgan fingerprint density at radius 2 is 2.00 bits per heavy atom. The number of aromatic hydroxyl groups is 1. The van der Waals surface area contributed by atoms with E-state index in [4.69, 9.17) is 0 Å². The van der Waals surface area contributed by atoms with Crippen LogP contribution in [-0.4, -0.2) is 23.1 Å². The number of hydrogen-bond donors (Lipinski definition) is 1. The van der Waals surface area contributed by atoms with Crippen LogP contribution in [0.4, 0.5) is 0 Å². The number of phenols is 1. The van der Waals surface area contributed by atoms with E-state index in [2.05, 4.69) is 25.3 Å². The second kappa shape index (κ2) is 6.92. The number of nitrogens with zero attached hydrogens (tertiary/aromatic N) is 1. The molecular weight excluding hydrogens is 210 g/mol. The normalized spacial score (nSPS) is 11.2. The highest BCUT2D eigenvalue weighted by molar-refractivity contribution is 5.54. The fourth-order valence-electron chi connectivity index (χ4n) is 1.69. The topological polar surface area (TPSA) is 23.5 Å². The third-order valence-corrected chi connectivity index (χ3v) is 2.82. The Bertz CT molecular complexity index is 392. The fraction of sp³-hybridized carbons (Fsp3) is 0.333. The van der Waals surface area contributed by atoms with Gasteiger partial charge in [0.25, 0.3) is 0 Å². The van der Waals surface area contributed by atoms with Crippen molar-refractivity contribution in [2.75, 3.05) is 13.1 Å². The van der Waals surface area contributed by atoms with Crippen LogP contribution >= 0.6 is 0 Å². The summed E-state index contributed by atoms with van der Waals surface area (Å²) >= 11 is 0. The molecule has 0 saturated carbocycles. The largest absolute Gasteiger partial charge is 0.508 e. The predicted molar refractivity (Wildman–Crippen MR) is 74.0 cm³/mol. The molecule has 1 aromatic rings. The minimum Gasteiger partial charge on any atom is -0.508 e. The van der Waals surface area contributed by atoms with Crippen LogP contribution in [0.2, 0.25) is 0 Å². The van der Waals surface area contributed by atoms with E-state index in [1.807, 2.05) is 24.3 Å². The maximum Gasteiger partial charge on any atom is 0.120 e. The molecule has 0 unspecified atom stereocenters.